The van der Waals surface area contributed by atoms with Crippen molar-refractivity contribution in [2.75, 3.05) is 0 Å². The number of ketones is 1. The molecule has 0 saturated carbocycles. The van der Waals surface area contributed by atoms with Gasteiger partial charge in [0.1, 0.15) is 22.8 Å². The standard InChI is InChI=1S/C20H13IO5/c21-14-4-1-12(2-5-14)17(22)9-6-15-7-10-19(26-15)13-3-8-18(23)16(11-13)20(24)25/h1-11,23H,(H,24,25)/b9-6+. The minimum absolute atomic E-state index is 0.142. The van der Waals surface area contributed by atoms with Gasteiger partial charge in [-0.1, -0.05) is 12.1 Å². The number of hydrogen-bond donors (Lipinski definition) is 2. The maximum absolute atomic E-state index is 12.1. The van der Waals surface area contributed by atoms with Crippen LogP contribution in [0.4, 0.5) is 0 Å². The number of benzene rings is 2. The van der Waals surface area contributed by atoms with Crippen LogP contribution in [0.3, 0.4) is 0 Å². The number of carboxylic acids is 1. The van der Waals surface area contributed by atoms with Gasteiger partial charge in [0.15, 0.2) is 5.78 Å². The maximum Gasteiger partial charge on any atom is 0.339 e. The molecule has 0 radical (unpaired) electrons. The third-order valence-corrected chi connectivity index (χ3v) is 4.39. The largest absolute Gasteiger partial charge is 0.507 e. The highest BCUT2D eigenvalue weighted by Crippen LogP contribution is 2.28. The van der Waals surface area contributed by atoms with Crippen LogP contribution in [0.25, 0.3) is 17.4 Å². The average molecular weight is 460 g/mol. The van der Waals surface area contributed by atoms with E-state index >= 15 is 0 Å². The fraction of sp³-hybridized carbons (Fsp3) is 0. The van der Waals surface area contributed by atoms with E-state index < -0.39 is 5.97 Å². The number of hydrogen-bond acceptors (Lipinski definition) is 4. The fourth-order valence-electron chi connectivity index (χ4n) is 2.33. The number of furan rings is 1. The number of carbonyl (C=O) groups is 2. The molecule has 0 amide bonds. The van der Waals surface area contributed by atoms with E-state index in [-0.39, 0.29) is 17.1 Å². The molecule has 0 fully saturated rings. The Balaban J connectivity index is 1.80. The van der Waals surface area contributed by atoms with Crippen LogP contribution >= 0.6 is 22.6 Å². The predicted molar refractivity (Wildman–Crippen MR) is 105 cm³/mol. The van der Waals surface area contributed by atoms with Gasteiger partial charge in [-0.2, -0.15) is 0 Å². The Bertz CT molecular complexity index is 999. The van der Waals surface area contributed by atoms with Crippen molar-refractivity contribution in [3.05, 3.63) is 81.1 Å². The van der Waals surface area contributed by atoms with E-state index in [1.54, 1.807) is 36.4 Å². The number of halogens is 1. The Morgan fingerprint density at radius 2 is 1.73 bits per heavy atom. The van der Waals surface area contributed by atoms with Gasteiger partial charge < -0.3 is 14.6 Å². The molecule has 0 bridgehead atoms. The molecule has 2 aromatic carbocycles. The summed E-state index contributed by atoms with van der Waals surface area (Å²) >= 11 is 2.17. The topological polar surface area (TPSA) is 87.7 Å². The number of rotatable bonds is 5. The lowest BCUT2D eigenvalue weighted by Gasteiger charge is -2.02. The molecule has 5 nitrogen and oxygen atoms in total. The molecule has 0 aliphatic carbocycles. The molecule has 6 heteroatoms. The number of carboxylic acid groups (broad SMARTS) is 1. The van der Waals surface area contributed by atoms with Crippen molar-refractivity contribution < 1.29 is 24.2 Å². The van der Waals surface area contributed by atoms with Crippen molar-refractivity contribution in [1.82, 2.24) is 0 Å². The van der Waals surface area contributed by atoms with Gasteiger partial charge in [-0.3, -0.25) is 4.79 Å². The van der Waals surface area contributed by atoms with Gasteiger partial charge in [0.25, 0.3) is 0 Å². The summed E-state index contributed by atoms with van der Waals surface area (Å²) in [5, 5.41) is 18.6. The molecule has 0 spiro atoms. The van der Waals surface area contributed by atoms with E-state index in [1.165, 1.54) is 18.2 Å². The molecule has 26 heavy (non-hydrogen) atoms. The third kappa shape index (κ3) is 4.02. The molecular formula is C20H13IO5. The zero-order chi connectivity index (χ0) is 18.7. The molecule has 1 aromatic heterocycles. The molecule has 0 unspecified atom stereocenters. The average Bonchev–Trinajstić information content (AvgIpc) is 3.09. The van der Waals surface area contributed by atoms with Crippen LogP contribution in [0, 0.1) is 3.57 Å². The first-order valence-electron chi connectivity index (χ1n) is 7.58. The Labute approximate surface area is 162 Å². The summed E-state index contributed by atoms with van der Waals surface area (Å²) in [5.41, 5.74) is 0.895. The Hall–Kier alpha value is -2.87. The van der Waals surface area contributed by atoms with Crippen molar-refractivity contribution >= 4 is 40.4 Å². The van der Waals surface area contributed by atoms with Crippen LogP contribution in [0.1, 0.15) is 26.5 Å². The maximum atomic E-state index is 12.1. The van der Waals surface area contributed by atoms with Crippen molar-refractivity contribution in [2.24, 2.45) is 0 Å². The summed E-state index contributed by atoms with van der Waals surface area (Å²) in [5.74, 6) is -0.773. The van der Waals surface area contributed by atoms with Gasteiger partial charge in [0.05, 0.1) is 0 Å². The lowest BCUT2D eigenvalue weighted by Crippen LogP contribution is -1.96. The number of aromatic carboxylic acids is 1. The summed E-state index contributed by atoms with van der Waals surface area (Å²) in [6, 6.07) is 14.8. The predicted octanol–water partition coefficient (Wildman–Crippen LogP) is 4.85. The normalized spacial score (nSPS) is 11.0. The number of carbonyl (C=O) groups excluding carboxylic acids is 1. The summed E-state index contributed by atoms with van der Waals surface area (Å²) in [7, 11) is 0. The first kappa shape index (κ1) is 17.9. The van der Waals surface area contributed by atoms with Crippen molar-refractivity contribution in [2.45, 2.75) is 0 Å². The van der Waals surface area contributed by atoms with Gasteiger partial charge in [0.2, 0.25) is 0 Å². The third-order valence-electron chi connectivity index (χ3n) is 3.67. The van der Waals surface area contributed by atoms with Crippen LogP contribution in [0.5, 0.6) is 5.75 Å². The van der Waals surface area contributed by atoms with Gasteiger partial charge in [-0.25, -0.2) is 4.79 Å². The van der Waals surface area contributed by atoms with Crippen LogP contribution in [0.15, 0.2) is 65.1 Å². The highest BCUT2D eigenvalue weighted by Gasteiger charge is 2.12. The second kappa shape index (κ2) is 7.57. The van der Waals surface area contributed by atoms with E-state index in [0.29, 0.717) is 22.6 Å². The van der Waals surface area contributed by atoms with Gasteiger partial charge in [-0.05, 0) is 77.2 Å². The molecule has 0 aliphatic rings. The van der Waals surface area contributed by atoms with Crippen LogP contribution in [-0.2, 0) is 0 Å². The van der Waals surface area contributed by atoms with Crippen molar-refractivity contribution in [1.29, 1.82) is 0 Å². The van der Waals surface area contributed by atoms with Crippen LogP contribution < -0.4 is 0 Å². The van der Waals surface area contributed by atoms with Crippen LogP contribution in [0.2, 0.25) is 0 Å². The quantitative estimate of drug-likeness (QED) is 0.323. The van der Waals surface area contributed by atoms with E-state index in [4.69, 9.17) is 9.52 Å². The molecule has 0 aliphatic heterocycles. The first-order valence-corrected chi connectivity index (χ1v) is 8.66. The molecule has 2 N–H and O–H groups in total. The molecule has 0 saturated heterocycles. The Morgan fingerprint density at radius 1 is 1.00 bits per heavy atom. The molecule has 130 valence electrons. The second-order valence-electron chi connectivity index (χ2n) is 5.44. The van der Waals surface area contributed by atoms with Gasteiger partial charge in [0, 0.05) is 14.7 Å². The summed E-state index contributed by atoms with van der Waals surface area (Å²) in [6.07, 6.45) is 2.98. The molecule has 3 aromatic rings. The zero-order valence-corrected chi connectivity index (χ0v) is 15.5. The minimum atomic E-state index is -1.22. The van der Waals surface area contributed by atoms with E-state index in [9.17, 15) is 14.7 Å². The molecule has 3 rings (SSSR count). The van der Waals surface area contributed by atoms with E-state index in [2.05, 4.69) is 22.6 Å². The molecule has 1 heterocycles. The first-order chi connectivity index (χ1) is 12.4. The second-order valence-corrected chi connectivity index (χ2v) is 6.69. The number of allylic oxidation sites excluding steroid dienone is 1. The zero-order valence-electron chi connectivity index (χ0n) is 13.3. The van der Waals surface area contributed by atoms with Gasteiger partial charge >= 0.3 is 5.97 Å². The van der Waals surface area contributed by atoms with Crippen molar-refractivity contribution in [3.63, 3.8) is 0 Å². The van der Waals surface area contributed by atoms with E-state index in [1.807, 2.05) is 12.1 Å². The lowest BCUT2D eigenvalue weighted by molar-refractivity contribution is 0.0693. The number of aromatic hydroxyl groups is 1. The SMILES string of the molecule is O=C(/C=C/c1ccc(-c2ccc(O)c(C(=O)O)c2)o1)c1ccc(I)cc1. The van der Waals surface area contributed by atoms with Crippen molar-refractivity contribution in [3.8, 4) is 17.1 Å². The highest BCUT2D eigenvalue weighted by atomic mass is 127. The lowest BCUT2D eigenvalue weighted by atomic mass is 10.1. The smallest absolute Gasteiger partial charge is 0.339 e. The highest BCUT2D eigenvalue weighted by molar-refractivity contribution is 14.1. The Morgan fingerprint density at radius 3 is 2.42 bits per heavy atom. The Kier molecular flexibility index (Phi) is 5.22. The molecule has 0 atom stereocenters. The fourth-order valence-corrected chi connectivity index (χ4v) is 2.69. The minimum Gasteiger partial charge on any atom is -0.507 e. The number of phenols is 1. The monoisotopic (exact) mass is 460 g/mol. The van der Waals surface area contributed by atoms with E-state index in [0.717, 1.165) is 3.57 Å². The summed E-state index contributed by atoms with van der Waals surface area (Å²) in [6.45, 7) is 0. The molecular weight excluding hydrogens is 447 g/mol. The summed E-state index contributed by atoms with van der Waals surface area (Å²) < 4.78 is 6.68. The van der Waals surface area contributed by atoms with Crippen LogP contribution in [-0.4, -0.2) is 22.0 Å². The summed E-state index contributed by atoms with van der Waals surface area (Å²) in [4.78, 5) is 23.2. The van der Waals surface area contributed by atoms with Gasteiger partial charge in [-0.15, -0.1) is 0 Å².